The maximum Gasteiger partial charge on any atom is 0.256 e. The number of anilines is 1. The van der Waals surface area contributed by atoms with Crippen molar-refractivity contribution in [3.8, 4) is 0 Å². The van der Waals surface area contributed by atoms with Gasteiger partial charge in [0, 0.05) is 9.26 Å². The third-order valence-corrected chi connectivity index (χ3v) is 5.14. The van der Waals surface area contributed by atoms with Gasteiger partial charge in [0.2, 0.25) is 0 Å². The molecule has 2 aromatic carbocycles. The first-order chi connectivity index (χ1) is 9.40. The van der Waals surface area contributed by atoms with E-state index in [1.54, 1.807) is 34.7 Å². The monoisotopic (exact) mass is 499 g/mol. The lowest BCUT2D eigenvalue weighted by molar-refractivity contribution is 0.102. The molecule has 104 valence electrons. The van der Waals surface area contributed by atoms with Crippen molar-refractivity contribution in [1.29, 1.82) is 0 Å². The van der Waals surface area contributed by atoms with Crippen LogP contribution in [0.4, 0.5) is 14.5 Å². The van der Waals surface area contributed by atoms with E-state index in [-0.39, 0.29) is 9.26 Å². The molecule has 2 aromatic rings. The molecule has 0 aromatic heterocycles. The predicted octanol–water partition coefficient (Wildman–Crippen LogP) is 4.73. The van der Waals surface area contributed by atoms with Crippen molar-refractivity contribution >= 4 is 56.8 Å². The number of amides is 1. The molecule has 0 fully saturated rings. The third-order valence-electron chi connectivity index (χ3n) is 2.68. The number of aryl methyl sites for hydroxylation is 1. The highest BCUT2D eigenvalue weighted by molar-refractivity contribution is 14.1. The Morgan fingerprint density at radius 3 is 2.30 bits per heavy atom. The zero-order valence-corrected chi connectivity index (χ0v) is 14.6. The van der Waals surface area contributed by atoms with Crippen LogP contribution in [0.3, 0.4) is 0 Å². The average molecular weight is 499 g/mol. The maximum atomic E-state index is 13.4. The first-order valence-corrected chi connectivity index (χ1v) is 7.77. The second-order valence-electron chi connectivity index (χ2n) is 4.14. The molecule has 0 bridgehead atoms. The molecular formula is C14H9F2I2NO. The molecule has 0 unspecified atom stereocenters. The molecule has 2 nitrogen and oxygen atoms in total. The molecule has 0 aliphatic heterocycles. The van der Waals surface area contributed by atoms with Gasteiger partial charge in [-0.25, -0.2) is 8.78 Å². The molecule has 0 aliphatic rings. The number of nitrogens with one attached hydrogen (secondary N) is 1. The van der Waals surface area contributed by atoms with Gasteiger partial charge in [0.05, 0.1) is 9.13 Å². The van der Waals surface area contributed by atoms with E-state index < -0.39 is 17.5 Å². The van der Waals surface area contributed by atoms with Gasteiger partial charge in [-0.15, -0.1) is 0 Å². The summed E-state index contributed by atoms with van der Waals surface area (Å²) in [5.74, 6) is -1.78. The van der Waals surface area contributed by atoms with Gasteiger partial charge < -0.3 is 5.32 Å². The quantitative estimate of drug-likeness (QED) is 0.470. The van der Waals surface area contributed by atoms with Gasteiger partial charge in [0.25, 0.3) is 5.91 Å². The Morgan fingerprint density at radius 2 is 1.70 bits per heavy atom. The van der Waals surface area contributed by atoms with E-state index in [2.05, 4.69) is 27.9 Å². The Hall–Kier alpha value is -0.770. The first-order valence-electron chi connectivity index (χ1n) is 5.61. The summed E-state index contributed by atoms with van der Waals surface area (Å²) >= 11 is 3.65. The summed E-state index contributed by atoms with van der Waals surface area (Å²) < 4.78 is 27.6. The molecule has 6 heteroatoms. The largest absolute Gasteiger partial charge is 0.322 e. The zero-order valence-electron chi connectivity index (χ0n) is 10.3. The molecule has 1 amide bonds. The van der Waals surface area contributed by atoms with Gasteiger partial charge in [0.15, 0.2) is 0 Å². The van der Waals surface area contributed by atoms with Gasteiger partial charge >= 0.3 is 0 Å². The highest BCUT2D eigenvalue weighted by atomic mass is 127. The van der Waals surface area contributed by atoms with Crippen molar-refractivity contribution in [2.45, 2.75) is 6.92 Å². The summed E-state index contributed by atoms with van der Waals surface area (Å²) in [6.07, 6.45) is 0. The Balaban J connectivity index is 2.30. The fourth-order valence-corrected chi connectivity index (χ4v) is 2.56. The molecular weight excluding hydrogens is 490 g/mol. The van der Waals surface area contributed by atoms with Crippen molar-refractivity contribution in [2.24, 2.45) is 0 Å². The topological polar surface area (TPSA) is 29.1 Å². The van der Waals surface area contributed by atoms with E-state index in [1.165, 1.54) is 0 Å². The van der Waals surface area contributed by atoms with Crippen molar-refractivity contribution in [1.82, 2.24) is 0 Å². The molecule has 0 atom stereocenters. The smallest absolute Gasteiger partial charge is 0.256 e. The standard InChI is InChI=1S/C14H9F2I2NO/c1-7-3-2-4-9(12(7)17)14(20)19-8-5-10(15)13(18)11(16)6-8/h2-6H,1H3,(H,19,20). The molecule has 0 saturated carbocycles. The molecule has 0 aliphatic carbocycles. The van der Waals surface area contributed by atoms with Gasteiger partial charge in [-0.1, -0.05) is 12.1 Å². The minimum absolute atomic E-state index is 0.0919. The molecule has 0 heterocycles. The zero-order chi connectivity index (χ0) is 14.9. The SMILES string of the molecule is Cc1cccc(C(=O)Nc2cc(F)c(I)c(F)c2)c1I. The molecule has 2 rings (SSSR count). The van der Waals surface area contributed by atoms with Crippen LogP contribution in [0, 0.1) is 25.7 Å². The Labute approximate surface area is 142 Å². The van der Waals surface area contributed by atoms with Gasteiger partial charge in [-0.05, 0) is 75.9 Å². The van der Waals surface area contributed by atoms with E-state index in [0.29, 0.717) is 5.56 Å². The van der Waals surface area contributed by atoms with E-state index in [4.69, 9.17) is 0 Å². The summed E-state index contributed by atoms with van der Waals surface area (Å²) in [7, 11) is 0. The van der Waals surface area contributed by atoms with Crippen LogP contribution in [0.2, 0.25) is 0 Å². The van der Waals surface area contributed by atoms with E-state index >= 15 is 0 Å². The van der Waals surface area contributed by atoms with Crippen molar-refractivity contribution in [3.63, 3.8) is 0 Å². The summed E-state index contributed by atoms with van der Waals surface area (Å²) in [4.78, 5) is 12.1. The number of benzene rings is 2. The van der Waals surface area contributed by atoms with Gasteiger partial charge in [-0.3, -0.25) is 4.79 Å². The highest BCUT2D eigenvalue weighted by Gasteiger charge is 2.14. The van der Waals surface area contributed by atoms with Crippen LogP contribution in [-0.4, -0.2) is 5.91 Å². The molecule has 0 spiro atoms. The van der Waals surface area contributed by atoms with Crippen LogP contribution in [0.5, 0.6) is 0 Å². The number of hydrogen-bond acceptors (Lipinski definition) is 1. The van der Waals surface area contributed by atoms with Crippen LogP contribution >= 0.6 is 45.2 Å². The molecule has 0 radical (unpaired) electrons. The normalized spacial score (nSPS) is 10.4. The van der Waals surface area contributed by atoms with E-state index in [1.807, 2.05) is 13.0 Å². The average Bonchev–Trinajstić information content (AvgIpc) is 2.39. The van der Waals surface area contributed by atoms with Gasteiger partial charge in [-0.2, -0.15) is 0 Å². The minimum Gasteiger partial charge on any atom is -0.322 e. The van der Waals surface area contributed by atoms with Crippen LogP contribution in [0.25, 0.3) is 0 Å². The molecule has 1 N–H and O–H groups in total. The Morgan fingerprint density at radius 1 is 1.10 bits per heavy atom. The van der Waals surface area contributed by atoms with Crippen LogP contribution < -0.4 is 5.32 Å². The van der Waals surface area contributed by atoms with Crippen molar-refractivity contribution in [2.75, 3.05) is 5.32 Å². The number of hydrogen-bond donors (Lipinski definition) is 1. The predicted molar refractivity (Wildman–Crippen MR) is 90.9 cm³/mol. The first kappa shape index (κ1) is 15.6. The fourth-order valence-electron chi connectivity index (χ4n) is 1.65. The second-order valence-corrected chi connectivity index (χ2v) is 6.30. The van der Waals surface area contributed by atoms with Gasteiger partial charge in [0.1, 0.15) is 11.6 Å². The summed E-state index contributed by atoms with van der Waals surface area (Å²) in [5, 5.41) is 2.51. The fraction of sp³-hybridized carbons (Fsp3) is 0.0714. The third kappa shape index (κ3) is 3.27. The number of rotatable bonds is 2. The van der Waals surface area contributed by atoms with Crippen molar-refractivity contribution in [3.05, 3.63) is 60.2 Å². The van der Waals surface area contributed by atoms with E-state index in [0.717, 1.165) is 21.3 Å². The second kappa shape index (κ2) is 6.33. The Kier molecular flexibility index (Phi) is 4.95. The number of carbonyl (C=O) groups is 1. The summed E-state index contributed by atoms with van der Waals surface area (Å²) in [6.45, 7) is 1.89. The Bertz CT molecular complexity index is 666. The minimum atomic E-state index is -0.695. The molecule has 0 saturated heterocycles. The summed E-state index contributed by atoms with van der Waals surface area (Å²) in [6, 6.07) is 7.53. The lowest BCUT2D eigenvalue weighted by Crippen LogP contribution is -2.14. The van der Waals surface area contributed by atoms with Crippen LogP contribution in [0.1, 0.15) is 15.9 Å². The number of halogens is 4. The van der Waals surface area contributed by atoms with Crippen LogP contribution in [0.15, 0.2) is 30.3 Å². The molecule has 20 heavy (non-hydrogen) atoms. The highest BCUT2D eigenvalue weighted by Crippen LogP contribution is 2.22. The maximum absolute atomic E-state index is 13.4. The lowest BCUT2D eigenvalue weighted by atomic mass is 10.1. The summed E-state index contributed by atoms with van der Waals surface area (Å²) in [5.41, 5.74) is 1.55. The van der Waals surface area contributed by atoms with Crippen LogP contribution in [-0.2, 0) is 0 Å². The van der Waals surface area contributed by atoms with E-state index in [9.17, 15) is 13.6 Å². The van der Waals surface area contributed by atoms with Crippen molar-refractivity contribution < 1.29 is 13.6 Å². The number of carbonyl (C=O) groups excluding carboxylic acids is 1. The lowest BCUT2D eigenvalue weighted by Gasteiger charge is -2.09.